The number of aromatic amines is 1. The van der Waals surface area contributed by atoms with Gasteiger partial charge in [0, 0.05) is 28.7 Å². The van der Waals surface area contributed by atoms with E-state index in [4.69, 9.17) is 4.74 Å². The van der Waals surface area contributed by atoms with Gasteiger partial charge in [-0.05, 0) is 50.9 Å². The zero-order chi connectivity index (χ0) is 12.5. The van der Waals surface area contributed by atoms with E-state index < -0.39 is 0 Å². The molecule has 2 N–H and O–H groups in total. The van der Waals surface area contributed by atoms with E-state index >= 15 is 0 Å². The van der Waals surface area contributed by atoms with E-state index in [2.05, 4.69) is 35.6 Å². The molecule has 2 heterocycles. The first-order valence-electron chi connectivity index (χ1n) is 6.71. The summed E-state index contributed by atoms with van der Waals surface area (Å²) < 4.78 is 5.76. The largest absolute Gasteiger partial charge is 0.493 e. The summed E-state index contributed by atoms with van der Waals surface area (Å²) >= 11 is 0. The Morgan fingerprint density at radius 2 is 2.33 bits per heavy atom. The van der Waals surface area contributed by atoms with E-state index in [1.807, 2.05) is 7.05 Å². The number of likely N-dealkylation sites (N-methyl/N-ethyl adjacent to an activating group) is 1. The zero-order valence-electron chi connectivity index (χ0n) is 11.0. The Kier molecular flexibility index (Phi) is 3.00. The standard InChI is InChI=1S/C15H20N2O/c1-10(16-2)8-11-9-17-13-5-6-14-12(15(11)13)4-3-7-18-14/h5-6,9-10,16-17H,3-4,7-8H2,1-2H3. The smallest absolute Gasteiger partial charge is 0.123 e. The van der Waals surface area contributed by atoms with Crippen molar-refractivity contribution in [2.75, 3.05) is 13.7 Å². The predicted octanol–water partition coefficient (Wildman–Crippen LogP) is 2.64. The summed E-state index contributed by atoms with van der Waals surface area (Å²) in [6, 6.07) is 4.72. The highest BCUT2D eigenvalue weighted by Gasteiger charge is 2.17. The maximum absolute atomic E-state index is 5.76. The van der Waals surface area contributed by atoms with Crippen molar-refractivity contribution >= 4 is 10.9 Å². The van der Waals surface area contributed by atoms with Crippen molar-refractivity contribution in [1.29, 1.82) is 0 Å². The van der Waals surface area contributed by atoms with Gasteiger partial charge in [0.05, 0.1) is 6.61 Å². The molecule has 0 radical (unpaired) electrons. The van der Waals surface area contributed by atoms with Crippen LogP contribution in [0.25, 0.3) is 10.9 Å². The third-order valence-electron chi connectivity index (χ3n) is 3.84. The minimum Gasteiger partial charge on any atom is -0.493 e. The van der Waals surface area contributed by atoms with Crippen LogP contribution in [0, 0.1) is 0 Å². The molecular weight excluding hydrogens is 224 g/mol. The molecule has 1 aliphatic rings. The molecule has 2 aromatic rings. The van der Waals surface area contributed by atoms with E-state index in [0.29, 0.717) is 6.04 Å². The van der Waals surface area contributed by atoms with Crippen LogP contribution >= 0.6 is 0 Å². The van der Waals surface area contributed by atoms with Crippen molar-refractivity contribution in [2.45, 2.75) is 32.2 Å². The van der Waals surface area contributed by atoms with Gasteiger partial charge < -0.3 is 15.0 Å². The van der Waals surface area contributed by atoms with E-state index in [0.717, 1.165) is 31.6 Å². The summed E-state index contributed by atoms with van der Waals surface area (Å²) in [7, 11) is 2.01. The molecule has 0 spiro atoms. The number of benzene rings is 1. The van der Waals surface area contributed by atoms with Gasteiger partial charge in [0.15, 0.2) is 0 Å². The number of hydrogen-bond donors (Lipinski definition) is 2. The molecule has 3 rings (SSSR count). The summed E-state index contributed by atoms with van der Waals surface area (Å²) in [5.41, 5.74) is 4.02. The first kappa shape index (κ1) is 11.6. The van der Waals surface area contributed by atoms with Crippen LogP contribution in [-0.4, -0.2) is 24.7 Å². The number of H-pyrrole nitrogens is 1. The number of aryl methyl sites for hydroxylation is 1. The Bertz CT molecular complexity index is 559. The Labute approximate surface area is 108 Å². The third-order valence-corrected chi connectivity index (χ3v) is 3.84. The lowest BCUT2D eigenvalue weighted by Gasteiger charge is -2.19. The molecule has 1 aromatic carbocycles. The zero-order valence-corrected chi connectivity index (χ0v) is 11.0. The summed E-state index contributed by atoms with van der Waals surface area (Å²) in [5, 5.41) is 4.69. The quantitative estimate of drug-likeness (QED) is 0.871. The van der Waals surface area contributed by atoms with Crippen LogP contribution in [0.1, 0.15) is 24.5 Å². The molecule has 0 bridgehead atoms. The lowest BCUT2D eigenvalue weighted by Crippen LogP contribution is -2.23. The van der Waals surface area contributed by atoms with E-state index in [-0.39, 0.29) is 0 Å². The summed E-state index contributed by atoms with van der Waals surface area (Å²) in [4.78, 5) is 3.38. The van der Waals surface area contributed by atoms with Gasteiger partial charge in [0.25, 0.3) is 0 Å². The average Bonchev–Trinajstić information content (AvgIpc) is 2.82. The summed E-state index contributed by atoms with van der Waals surface area (Å²) in [6.45, 7) is 3.07. The topological polar surface area (TPSA) is 37.0 Å². The van der Waals surface area contributed by atoms with Gasteiger partial charge in [-0.1, -0.05) is 0 Å². The molecule has 1 aliphatic heterocycles. The van der Waals surface area contributed by atoms with Crippen LogP contribution < -0.4 is 10.1 Å². The molecule has 0 saturated heterocycles. The van der Waals surface area contributed by atoms with Crippen LogP contribution in [0.2, 0.25) is 0 Å². The normalized spacial score (nSPS) is 16.3. The molecule has 1 aromatic heterocycles. The summed E-state index contributed by atoms with van der Waals surface area (Å²) in [6.07, 6.45) is 5.45. The van der Waals surface area contributed by atoms with Crippen molar-refractivity contribution in [3.05, 3.63) is 29.5 Å². The highest BCUT2D eigenvalue weighted by molar-refractivity contribution is 5.89. The van der Waals surface area contributed by atoms with Crippen LogP contribution in [-0.2, 0) is 12.8 Å². The molecule has 18 heavy (non-hydrogen) atoms. The van der Waals surface area contributed by atoms with Crippen molar-refractivity contribution in [3.8, 4) is 5.75 Å². The molecular formula is C15H20N2O. The monoisotopic (exact) mass is 244 g/mol. The van der Waals surface area contributed by atoms with Gasteiger partial charge in [-0.2, -0.15) is 0 Å². The highest BCUT2D eigenvalue weighted by Crippen LogP contribution is 2.34. The minimum atomic E-state index is 0.490. The second-order valence-electron chi connectivity index (χ2n) is 5.12. The lowest BCUT2D eigenvalue weighted by atomic mass is 9.97. The highest BCUT2D eigenvalue weighted by atomic mass is 16.5. The van der Waals surface area contributed by atoms with Crippen LogP contribution in [0.4, 0.5) is 0 Å². The van der Waals surface area contributed by atoms with Crippen LogP contribution in [0.15, 0.2) is 18.3 Å². The fourth-order valence-corrected chi connectivity index (χ4v) is 2.76. The fraction of sp³-hybridized carbons (Fsp3) is 0.467. The first-order valence-corrected chi connectivity index (χ1v) is 6.71. The SMILES string of the molecule is CNC(C)Cc1c[nH]c2ccc3c(c12)CCCO3. The molecule has 0 aliphatic carbocycles. The predicted molar refractivity (Wildman–Crippen MR) is 74.3 cm³/mol. The van der Waals surface area contributed by atoms with Crippen LogP contribution in [0.5, 0.6) is 5.75 Å². The molecule has 96 valence electrons. The second kappa shape index (κ2) is 4.65. The first-order chi connectivity index (χ1) is 8.79. The van der Waals surface area contributed by atoms with Crippen molar-refractivity contribution in [2.24, 2.45) is 0 Å². The Morgan fingerprint density at radius 3 is 3.17 bits per heavy atom. The van der Waals surface area contributed by atoms with E-state index in [1.165, 1.54) is 22.0 Å². The maximum atomic E-state index is 5.76. The van der Waals surface area contributed by atoms with Gasteiger partial charge in [0.2, 0.25) is 0 Å². The maximum Gasteiger partial charge on any atom is 0.123 e. The van der Waals surface area contributed by atoms with Gasteiger partial charge in [-0.3, -0.25) is 0 Å². The van der Waals surface area contributed by atoms with Crippen molar-refractivity contribution in [3.63, 3.8) is 0 Å². The van der Waals surface area contributed by atoms with Gasteiger partial charge in [-0.25, -0.2) is 0 Å². The van der Waals surface area contributed by atoms with Crippen molar-refractivity contribution in [1.82, 2.24) is 10.3 Å². The molecule has 3 heteroatoms. The molecule has 3 nitrogen and oxygen atoms in total. The van der Waals surface area contributed by atoms with Crippen molar-refractivity contribution < 1.29 is 4.74 Å². The number of ether oxygens (including phenoxy) is 1. The molecule has 1 unspecified atom stereocenters. The number of nitrogens with one attached hydrogen (secondary N) is 2. The summed E-state index contributed by atoms with van der Waals surface area (Å²) in [5.74, 6) is 1.08. The molecule has 0 amide bonds. The average molecular weight is 244 g/mol. The van der Waals surface area contributed by atoms with E-state index in [1.54, 1.807) is 0 Å². The van der Waals surface area contributed by atoms with Gasteiger partial charge in [0.1, 0.15) is 5.75 Å². The Hall–Kier alpha value is -1.48. The Balaban J connectivity index is 2.09. The van der Waals surface area contributed by atoms with Gasteiger partial charge >= 0.3 is 0 Å². The van der Waals surface area contributed by atoms with Crippen LogP contribution in [0.3, 0.4) is 0 Å². The van der Waals surface area contributed by atoms with E-state index in [9.17, 15) is 0 Å². The Morgan fingerprint density at radius 1 is 1.44 bits per heavy atom. The number of aromatic nitrogens is 1. The molecule has 0 saturated carbocycles. The fourth-order valence-electron chi connectivity index (χ4n) is 2.76. The molecule has 0 fully saturated rings. The number of rotatable bonds is 3. The second-order valence-corrected chi connectivity index (χ2v) is 5.12. The lowest BCUT2D eigenvalue weighted by molar-refractivity contribution is 0.289. The minimum absolute atomic E-state index is 0.490. The number of fused-ring (bicyclic) bond motifs is 3. The third kappa shape index (κ3) is 1.89. The number of hydrogen-bond acceptors (Lipinski definition) is 2. The van der Waals surface area contributed by atoms with Gasteiger partial charge in [-0.15, -0.1) is 0 Å². The molecule has 1 atom stereocenters.